The number of aromatic nitrogens is 2. The molecular formula is C19H18N2O5. The van der Waals surface area contributed by atoms with Gasteiger partial charge in [-0.15, -0.1) is 0 Å². The van der Waals surface area contributed by atoms with E-state index < -0.39 is 5.97 Å². The van der Waals surface area contributed by atoms with E-state index in [1.165, 1.54) is 0 Å². The minimum atomic E-state index is -0.415. The SMILES string of the molecule is Cc1nc(COc2ccc(C(=O)OCCOc3ccccc3)cc2)no1. The van der Waals surface area contributed by atoms with Crippen LogP contribution in [0.2, 0.25) is 0 Å². The third kappa shape index (κ3) is 5.07. The molecule has 0 saturated heterocycles. The highest BCUT2D eigenvalue weighted by atomic mass is 16.6. The van der Waals surface area contributed by atoms with Crippen molar-refractivity contribution in [1.29, 1.82) is 0 Å². The number of esters is 1. The van der Waals surface area contributed by atoms with Crippen LogP contribution in [0.5, 0.6) is 11.5 Å². The summed E-state index contributed by atoms with van der Waals surface area (Å²) >= 11 is 0. The number of hydrogen-bond donors (Lipinski definition) is 0. The molecule has 134 valence electrons. The van der Waals surface area contributed by atoms with Gasteiger partial charge in [0, 0.05) is 6.92 Å². The maximum Gasteiger partial charge on any atom is 0.338 e. The molecule has 0 bridgehead atoms. The van der Waals surface area contributed by atoms with Crippen LogP contribution in [0.3, 0.4) is 0 Å². The molecular weight excluding hydrogens is 336 g/mol. The molecule has 1 aromatic heterocycles. The van der Waals surface area contributed by atoms with Gasteiger partial charge in [-0.2, -0.15) is 4.98 Å². The first-order valence-electron chi connectivity index (χ1n) is 8.08. The third-order valence-corrected chi connectivity index (χ3v) is 3.36. The fourth-order valence-corrected chi connectivity index (χ4v) is 2.13. The van der Waals surface area contributed by atoms with Crippen molar-refractivity contribution in [3.8, 4) is 11.5 Å². The second-order valence-electron chi connectivity index (χ2n) is 5.34. The topological polar surface area (TPSA) is 83.7 Å². The highest BCUT2D eigenvalue weighted by molar-refractivity contribution is 5.89. The molecule has 0 aliphatic rings. The van der Waals surface area contributed by atoms with Gasteiger partial charge in [0.25, 0.3) is 0 Å². The highest BCUT2D eigenvalue weighted by Gasteiger charge is 2.08. The van der Waals surface area contributed by atoms with Gasteiger partial charge in [-0.25, -0.2) is 4.79 Å². The van der Waals surface area contributed by atoms with Gasteiger partial charge >= 0.3 is 5.97 Å². The molecule has 7 nitrogen and oxygen atoms in total. The number of hydrogen-bond acceptors (Lipinski definition) is 7. The fraction of sp³-hybridized carbons (Fsp3) is 0.211. The number of rotatable bonds is 8. The first-order valence-corrected chi connectivity index (χ1v) is 8.08. The van der Waals surface area contributed by atoms with Crippen LogP contribution in [0.25, 0.3) is 0 Å². The van der Waals surface area contributed by atoms with E-state index >= 15 is 0 Å². The van der Waals surface area contributed by atoms with E-state index in [-0.39, 0.29) is 13.2 Å². The van der Waals surface area contributed by atoms with Gasteiger partial charge in [0.2, 0.25) is 11.7 Å². The monoisotopic (exact) mass is 354 g/mol. The van der Waals surface area contributed by atoms with Crippen LogP contribution in [-0.2, 0) is 11.3 Å². The molecule has 0 aliphatic heterocycles. The summed E-state index contributed by atoms with van der Waals surface area (Å²) in [6.45, 7) is 2.37. The Balaban J connectivity index is 1.41. The van der Waals surface area contributed by atoms with E-state index in [2.05, 4.69) is 10.1 Å². The molecule has 0 saturated carbocycles. The standard InChI is InChI=1S/C19H18N2O5/c1-14-20-18(21-26-14)13-25-17-9-7-15(8-10-17)19(22)24-12-11-23-16-5-3-2-4-6-16/h2-10H,11-13H2,1H3. The molecule has 26 heavy (non-hydrogen) atoms. The number of carbonyl (C=O) groups excluding carboxylic acids is 1. The van der Waals surface area contributed by atoms with Crippen molar-refractivity contribution in [3.05, 3.63) is 71.9 Å². The Morgan fingerprint density at radius 2 is 1.69 bits per heavy atom. The first kappa shape index (κ1) is 17.5. The maximum atomic E-state index is 12.0. The van der Waals surface area contributed by atoms with E-state index in [0.717, 1.165) is 5.75 Å². The lowest BCUT2D eigenvalue weighted by Gasteiger charge is -2.08. The van der Waals surface area contributed by atoms with Gasteiger partial charge in [0.1, 0.15) is 24.7 Å². The molecule has 0 atom stereocenters. The molecule has 3 aromatic rings. The van der Waals surface area contributed by atoms with Gasteiger partial charge in [0.05, 0.1) is 5.56 Å². The maximum absolute atomic E-state index is 12.0. The Bertz CT molecular complexity index is 831. The van der Waals surface area contributed by atoms with Gasteiger partial charge in [0.15, 0.2) is 6.61 Å². The zero-order valence-electron chi connectivity index (χ0n) is 14.3. The molecule has 0 radical (unpaired) electrons. The zero-order chi connectivity index (χ0) is 18.2. The number of ether oxygens (including phenoxy) is 3. The van der Waals surface area contributed by atoms with E-state index in [9.17, 15) is 4.79 Å². The van der Waals surface area contributed by atoms with E-state index in [1.54, 1.807) is 31.2 Å². The minimum Gasteiger partial charge on any atom is -0.490 e. The van der Waals surface area contributed by atoms with Gasteiger partial charge in [-0.05, 0) is 36.4 Å². The first-order chi connectivity index (χ1) is 12.7. The lowest BCUT2D eigenvalue weighted by atomic mass is 10.2. The summed E-state index contributed by atoms with van der Waals surface area (Å²) in [4.78, 5) is 16.0. The Morgan fingerprint density at radius 1 is 0.962 bits per heavy atom. The smallest absolute Gasteiger partial charge is 0.338 e. The average Bonchev–Trinajstić information content (AvgIpc) is 3.10. The predicted molar refractivity (Wildman–Crippen MR) is 92.0 cm³/mol. The number of aryl methyl sites for hydroxylation is 1. The van der Waals surface area contributed by atoms with Crippen molar-refractivity contribution in [2.45, 2.75) is 13.5 Å². The van der Waals surface area contributed by atoms with Crippen molar-refractivity contribution in [2.75, 3.05) is 13.2 Å². The fourth-order valence-electron chi connectivity index (χ4n) is 2.13. The number of para-hydroxylation sites is 1. The summed E-state index contributed by atoms with van der Waals surface area (Å²) < 4.78 is 21.1. The Kier molecular flexibility index (Phi) is 5.82. The van der Waals surface area contributed by atoms with Crippen LogP contribution in [0.4, 0.5) is 0 Å². The molecule has 7 heteroatoms. The Hall–Kier alpha value is -3.35. The van der Waals surface area contributed by atoms with E-state index in [1.807, 2.05) is 30.3 Å². The lowest BCUT2D eigenvalue weighted by molar-refractivity contribution is 0.0450. The van der Waals surface area contributed by atoms with Crippen LogP contribution in [0.1, 0.15) is 22.1 Å². The zero-order valence-corrected chi connectivity index (χ0v) is 14.3. The van der Waals surface area contributed by atoms with Crippen molar-refractivity contribution >= 4 is 5.97 Å². The summed E-state index contributed by atoms with van der Waals surface area (Å²) in [6, 6.07) is 16.0. The Labute approximate surface area is 150 Å². The quantitative estimate of drug-likeness (QED) is 0.454. The third-order valence-electron chi connectivity index (χ3n) is 3.36. The molecule has 0 aliphatic carbocycles. The molecule has 0 fully saturated rings. The van der Waals surface area contributed by atoms with Crippen molar-refractivity contribution in [1.82, 2.24) is 10.1 Å². The molecule has 3 rings (SSSR count). The van der Waals surface area contributed by atoms with Gasteiger partial charge in [-0.1, -0.05) is 23.4 Å². The molecule has 0 unspecified atom stereocenters. The van der Waals surface area contributed by atoms with Gasteiger partial charge < -0.3 is 18.7 Å². The second kappa shape index (κ2) is 8.66. The van der Waals surface area contributed by atoms with Crippen LogP contribution < -0.4 is 9.47 Å². The van der Waals surface area contributed by atoms with Crippen molar-refractivity contribution in [2.24, 2.45) is 0 Å². The summed E-state index contributed by atoms with van der Waals surface area (Å²) in [5.74, 6) is 1.86. The highest BCUT2D eigenvalue weighted by Crippen LogP contribution is 2.14. The average molecular weight is 354 g/mol. The minimum absolute atomic E-state index is 0.170. The number of carbonyl (C=O) groups is 1. The second-order valence-corrected chi connectivity index (χ2v) is 5.34. The van der Waals surface area contributed by atoms with E-state index in [0.29, 0.717) is 29.6 Å². The molecule has 0 N–H and O–H groups in total. The van der Waals surface area contributed by atoms with Crippen LogP contribution in [0.15, 0.2) is 59.1 Å². The molecule has 2 aromatic carbocycles. The molecule has 0 amide bonds. The lowest BCUT2D eigenvalue weighted by Crippen LogP contribution is -2.12. The summed E-state index contributed by atoms with van der Waals surface area (Å²) in [5, 5.41) is 3.74. The summed E-state index contributed by atoms with van der Waals surface area (Å²) in [6.07, 6.45) is 0. The van der Waals surface area contributed by atoms with Crippen LogP contribution in [0, 0.1) is 6.92 Å². The summed E-state index contributed by atoms with van der Waals surface area (Å²) in [7, 11) is 0. The van der Waals surface area contributed by atoms with Gasteiger partial charge in [-0.3, -0.25) is 0 Å². The Morgan fingerprint density at radius 3 is 2.38 bits per heavy atom. The van der Waals surface area contributed by atoms with Crippen LogP contribution in [-0.4, -0.2) is 29.3 Å². The number of benzene rings is 2. The van der Waals surface area contributed by atoms with E-state index in [4.69, 9.17) is 18.7 Å². The summed E-state index contributed by atoms with van der Waals surface area (Å²) in [5.41, 5.74) is 0.437. The molecule has 0 spiro atoms. The normalized spacial score (nSPS) is 10.3. The largest absolute Gasteiger partial charge is 0.490 e. The van der Waals surface area contributed by atoms with Crippen LogP contribution >= 0.6 is 0 Å². The predicted octanol–water partition coefficient (Wildman–Crippen LogP) is 3.19. The molecule has 1 heterocycles. The van der Waals surface area contributed by atoms with Crippen molar-refractivity contribution in [3.63, 3.8) is 0 Å². The van der Waals surface area contributed by atoms with Crippen molar-refractivity contribution < 1.29 is 23.5 Å². The number of nitrogens with zero attached hydrogens (tertiary/aromatic N) is 2.